The Hall–Kier alpha value is -3.87. The molecule has 0 saturated heterocycles. The van der Waals surface area contributed by atoms with Gasteiger partial charge >= 0.3 is 0 Å². The van der Waals surface area contributed by atoms with Crippen LogP contribution in [0.5, 0.6) is 5.75 Å². The molecule has 1 heterocycles. The molecule has 0 saturated carbocycles. The zero-order chi connectivity index (χ0) is 18.8. The van der Waals surface area contributed by atoms with Crippen molar-refractivity contribution in [2.75, 3.05) is 0 Å². The number of fused-ring (bicyclic) bond motifs is 2. The Morgan fingerprint density at radius 2 is 1.67 bits per heavy atom. The Morgan fingerprint density at radius 3 is 2.44 bits per heavy atom. The largest absolute Gasteiger partial charge is 0.507 e. The molecule has 0 aliphatic carbocycles. The van der Waals surface area contributed by atoms with E-state index in [2.05, 4.69) is 20.8 Å². The van der Waals surface area contributed by atoms with Gasteiger partial charge in [-0.2, -0.15) is 0 Å². The van der Waals surface area contributed by atoms with E-state index < -0.39 is 11.8 Å². The number of aromatic hydroxyl groups is 1. The summed E-state index contributed by atoms with van der Waals surface area (Å²) in [7, 11) is 0. The number of nitrogens with one attached hydrogen (secondary N) is 3. The van der Waals surface area contributed by atoms with Gasteiger partial charge in [-0.1, -0.05) is 36.4 Å². The van der Waals surface area contributed by atoms with Gasteiger partial charge in [0.05, 0.1) is 23.0 Å². The van der Waals surface area contributed by atoms with Crippen molar-refractivity contribution in [1.82, 2.24) is 20.8 Å². The molecule has 7 nitrogen and oxygen atoms in total. The number of nitrogens with zero attached hydrogens (tertiary/aromatic N) is 1. The van der Waals surface area contributed by atoms with Gasteiger partial charge in [-0.05, 0) is 35.0 Å². The topological polar surface area (TPSA) is 107 Å². The first kappa shape index (κ1) is 16.6. The van der Waals surface area contributed by atoms with Crippen LogP contribution in [0.1, 0.15) is 16.2 Å². The number of aromatic nitrogens is 2. The van der Waals surface area contributed by atoms with E-state index in [1.807, 2.05) is 48.5 Å². The number of carbonyl (C=O) groups is 2. The van der Waals surface area contributed by atoms with Crippen LogP contribution in [0.3, 0.4) is 0 Å². The lowest BCUT2D eigenvalue weighted by Crippen LogP contribution is -2.42. The predicted octanol–water partition coefficient (Wildman–Crippen LogP) is 2.43. The van der Waals surface area contributed by atoms with E-state index in [0.717, 1.165) is 21.8 Å². The van der Waals surface area contributed by atoms with Crippen molar-refractivity contribution in [2.45, 2.75) is 6.42 Å². The first-order chi connectivity index (χ1) is 13.1. The van der Waals surface area contributed by atoms with Crippen LogP contribution in [0, 0.1) is 0 Å². The summed E-state index contributed by atoms with van der Waals surface area (Å²) in [5.74, 6) is -0.687. The zero-order valence-corrected chi connectivity index (χ0v) is 14.2. The average Bonchev–Trinajstić information content (AvgIpc) is 3.07. The summed E-state index contributed by atoms with van der Waals surface area (Å²) in [4.78, 5) is 31.7. The van der Waals surface area contributed by atoms with E-state index in [1.54, 1.807) is 6.07 Å². The number of benzene rings is 3. The number of rotatable bonds is 3. The summed E-state index contributed by atoms with van der Waals surface area (Å²) in [6.07, 6.45) is -0.0152. The van der Waals surface area contributed by atoms with Crippen LogP contribution in [0.15, 0.2) is 60.7 Å². The van der Waals surface area contributed by atoms with Gasteiger partial charge in [0.2, 0.25) is 5.91 Å². The summed E-state index contributed by atoms with van der Waals surface area (Å²) >= 11 is 0. The maximum atomic E-state index is 12.3. The van der Waals surface area contributed by atoms with Crippen LogP contribution >= 0.6 is 0 Å². The number of H-pyrrole nitrogens is 1. The van der Waals surface area contributed by atoms with Crippen molar-refractivity contribution < 1.29 is 14.7 Å². The Labute approximate surface area is 154 Å². The van der Waals surface area contributed by atoms with Crippen molar-refractivity contribution in [3.8, 4) is 5.75 Å². The Kier molecular flexibility index (Phi) is 4.18. The number of hydrogen-bond donors (Lipinski definition) is 4. The van der Waals surface area contributed by atoms with Crippen molar-refractivity contribution in [1.29, 1.82) is 0 Å². The first-order valence-electron chi connectivity index (χ1n) is 8.35. The molecule has 0 bridgehead atoms. The quantitative estimate of drug-likeness (QED) is 0.421. The molecule has 2 amide bonds. The maximum absolute atomic E-state index is 12.3. The van der Waals surface area contributed by atoms with Gasteiger partial charge in [0.1, 0.15) is 11.6 Å². The Balaban J connectivity index is 1.42. The average molecular weight is 360 g/mol. The van der Waals surface area contributed by atoms with E-state index in [4.69, 9.17) is 0 Å². The summed E-state index contributed by atoms with van der Waals surface area (Å²) in [5, 5.41) is 11.7. The second-order valence-corrected chi connectivity index (χ2v) is 6.10. The van der Waals surface area contributed by atoms with Crippen molar-refractivity contribution >= 4 is 33.6 Å². The minimum Gasteiger partial charge on any atom is -0.507 e. The molecular formula is C20H16N4O3. The standard InChI is InChI=1S/C20H16N4O3/c25-17-10-13-6-2-1-5-12(13)9-14(17)20(27)24-23-19(26)11-18-21-15-7-3-4-8-16(15)22-18/h1-10,25H,11H2,(H,21,22)(H,23,26)(H,24,27). The Bertz CT molecular complexity index is 1130. The van der Waals surface area contributed by atoms with Crippen LogP contribution in [0.25, 0.3) is 21.8 Å². The van der Waals surface area contributed by atoms with E-state index in [-0.39, 0.29) is 17.7 Å². The third kappa shape index (κ3) is 3.43. The van der Waals surface area contributed by atoms with Gasteiger partial charge in [-0.15, -0.1) is 0 Å². The van der Waals surface area contributed by atoms with Crippen molar-refractivity contribution in [3.05, 3.63) is 72.1 Å². The van der Waals surface area contributed by atoms with Crippen LogP contribution < -0.4 is 10.9 Å². The van der Waals surface area contributed by atoms with E-state index in [9.17, 15) is 14.7 Å². The van der Waals surface area contributed by atoms with Crippen molar-refractivity contribution in [2.24, 2.45) is 0 Å². The van der Waals surface area contributed by atoms with Gasteiger partial charge in [0.15, 0.2) is 0 Å². The van der Waals surface area contributed by atoms with Crippen LogP contribution in [-0.2, 0) is 11.2 Å². The molecule has 0 spiro atoms. The van der Waals surface area contributed by atoms with Gasteiger partial charge in [0, 0.05) is 0 Å². The van der Waals surface area contributed by atoms with Crippen molar-refractivity contribution in [3.63, 3.8) is 0 Å². The highest BCUT2D eigenvalue weighted by molar-refractivity contribution is 6.02. The molecule has 7 heteroatoms. The fraction of sp³-hybridized carbons (Fsp3) is 0.0500. The fourth-order valence-corrected chi connectivity index (χ4v) is 2.89. The number of phenols is 1. The molecule has 0 unspecified atom stereocenters. The summed E-state index contributed by atoms with van der Waals surface area (Å²) < 4.78 is 0. The number of hydrogen-bond acceptors (Lipinski definition) is 4. The number of carbonyl (C=O) groups excluding carboxylic acids is 2. The SMILES string of the molecule is O=C(Cc1nc2ccccc2[nH]1)NNC(=O)c1cc2ccccc2cc1O. The van der Waals surface area contributed by atoms with Crippen LogP contribution in [0.2, 0.25) is 0 Å². The molecule has 0 fully saturated rings. The third-order valence-electron chi connectivity index (χ3n) is 4.19. The van der Waals surface area contributed by atoms with E-state index in [0.29, 0.717) is 5.82 Å². The molecule has 0 aliphatic heterocycles. The first-order valence-corrected chi connectivity index (χ1v) is 8.35. The molecule has 4 aromatic rings. The smallest absolute Gasteiger partial charge is 0.273 e. The molecule has 3 aromatic carbocycles. The third-order valence-corrected chi connectivity index (χ3v) is 4.19. The van der Waals surface area contributed by atoms with Gasteiger partial charge < -0.3 is 10.1 Å². The number of para-hydroxylation sites is 2. The van der Waals surface area contributed by atoms with Gasteiger partial charge in [-0.25, -0.2) is 4.98 Å². The molecule has 0 atom stereocenters. The molecule has 0 aliphatic rings. The Morgan fingerprint density at radius 1 is 0.963 bits per heavy atom. The monoisotopic (exact) mass is 360 g/mol. The summed E-state index contributed by atoms with van der Waals surface area (Å²) in [6.45, 7) is 0. The minimum absolute atomic E-state index is 0.0152. The molecule has 0 radical (unpaired) electrons. The lowest BCUT2D eigenvalue weighted by Gasteiger charge is -2.09. The maximum Gasteiger partial charge on any atom is 0.273 e. The highest BCUT2D eigenvalue weighted by Gasteiger charge is 2.14. The number of imidazole rings is 1. The van der Waals surface area contributed by atoms with Crippen LogP contribution in [0.4, 0.5) is 0 Å². The second-order valence-electron chi connectivity index (χ2n) is 6.10. The lowest BCUT2D eigenvalue weighted by molar-refractivity contribution is -0.121. The normalized spacial score (nSPS) is 10.8. The van der Waals surface area contributed by atoms with Gasteiger partial charge in [0.25, 0.3) is 5.91 Å². The molecule has 4 rings (SSSR count). The lowest BCUT2D eigenvalue weighted by atomic mass is 10.1. The zero-order valence-electron chi connectivity index (χ0n) is 14.2. The highest BCUT2D eigenvalue weighted by Crippen LogP contribution is 2.24. The number of amides is 2. The van der Waals surface area contributed by atoms with Crippen LogP contribution in [-0.4, -0.2) is 26.9 Å². The minimum atomic E-state index is -0.601. The predicted molar refractivity (Wildman–Crippen MR) is 101 cm³/mol. The molecule has 1 aromatic heterocycles. The molecule has 27 heavy (non-hydrogen) atoms. The number of phenolic OH excluding ortho intramolecular Hbond substituents is 1. The van der Waals surface area contributed by atoms with E-state index in [1.165, 1.54) is 6.07 Å². The summed E-state index contributed by atoms with van der Waals surface area (Å²) in [6, 6.07) is 17.9. The molecular weight excluding hydrogens is 344 g/mol. The highest BCUT2D eigenvalue weighted by atomic mass is 16.3. The summed E-state index contributed by atoms with van der Waals surface area (Å²) in [5.41, 5.74) is 6.35. The molecule has 4 N–H and O–H groups in total. The van der Waals surface area contributed by atoms with E-state index >= 15 is 0 Å². The second kappa shape index (κ2) is 6.80. The van der Waals surface area contributed by atoms with Gasteiger partial charge in [-0.3, -0.25) is 20.4 Å². The molecule has 134 valence electrons. The number of aromatic amines is 1. The fourth-order valence-electron chi connectivity index (χ4n) is 2.89. The number of hydrazine groups is 1.